The van der Waals surface area contributed by atoms with Gasteiger partial charge in [-0.2, -0.15) is 0 Å². The first-order valence-electron chi connectivity index (χ1n) is 3.22. The van der Waals surface area contributed by atoms with Crippen molar-refractivity contribution in [2.75, 3.05) is 6.54 Å². The number of nitrogens with one attached hydrogen (secondary N) is 1. The number of hydrogen-bond donors (Lipinski definition) is 2. The summed E-state index contributed by atoms with van der Waals surface area (Å²) in [6, 6.07) is -0.269. The number of carboxylic acids is 1. The van der Waals surface area contributed by atoms with Gasteiger partial charge >= 0.3 is 5.97 Å². The Morgan fingerprint density at radius 2 is 2.56 bits per heavy atom. The molecule has 1 saturated heterocycles. The molecule has 1 rings (SSSR count). The van der Waals surface area contributed by atoms with Gasteiger partial charge in [0.25, 0.3) is 0 Å². The van der Waals surface area contributed by atoms with Crippen LogP contribution in [0.25, 0.3) is 0 Å². The lowest BCUT2D eigenvalue weighted by molar-refractivity contribution is -0.143. The molecule has 0 unspecified atom stereocenters. The molecular formula is C6H11NO2. The highest BCUT2D eigenvalue weighted by atomic mass is 16.4. The zero-order chi connectivity index (χ0) is 6.85. The second kappa shape index (κ2) is 2.35. The lowest BCUT2D eigenvalue weighted by Crippen LogP contribution is -2.56. The molecule has 0 radical (unpaired) electrons. The van der Waals surface area contributed by atoms with Gasteiger partial charge in [0.15, 0.2) is 0 Å². The largest absolute Gasteiger partial charge is 0.480 e. The number of aliphatic carboxylic acids is 1. The van der Waals surface area contributed by atoms with E-state index in [1.165, 1.54) is 0 Å². The molecule has 52 valence electrons. The average Bonchev–Trinajstić information content (AvgIpc) is 1.61. The number of carboxylic acid groups (broad SMARTS) is 1. The van der Waals surface area contributed by atoms with Gasteiger partial charge in [0.2, 0.25) is 0 Å². The molecule has 0 amide bonds. The lowest BCUT2D eigenvalue weighted by atomic mass is 9.90. The summed E-state index contributed by atoms with van der Waals surface area (Å²) < 4.78 is 0. The molecule has 0 saturated carbocycles. The fourth-order valence-corrected chi connectivity index (χ4v) is 1.07. The molecule has 0 aromatic carbocycles. The Bertz CT molecular complexity index is 122. The number of hydrogen-bond acceptors (Lipinski definition) is 2. The standard InChI is InChI=1S/C6H11NO2/c1-2-4-3-7-5(4)6(8)9/h4-5,7H,2-3H2,1H3,(H,8,9)/t4-,5+/m0/s1. The van der Waals surface area contributed by atoms with Gasteiger partial charge in [0, 0.05) is 6.54 Å². The Hall–Kier alpha value is -0.570. The minimum atomic E-state index is -0.715. The van der Waals surface area contributed by atoms with Gasteiger partial charge in [-0.05, 0) is 5.92 Å². The van der Waals surface area contributed by atoms with Crippen LogP contribution in [-0.4, -0.2) is 23.7 Å². The predicted octanol–water partition coefficient (Wildman–Crippen LogP) is 0.0690. The van der Waals surface area contributed by atoms with Crippen LogP contribution in [0, 0.1) is 5.92 Å². The maximum atomic E-state index is 10.3. The molecule has 0 bridgehead atoms. The summed E-state index contributed by atoms with van der Waals surface area (Å²) in [5, 5.41) is 11.3. The molecule has 1 heterocycles. The Morgan fingerprint density at radius 3 is 2.67 bits per heavy atom. The summed E-state index contributed by atoms with van der Waals surface area (Å²) in [5.41, 5.74) is 0. The van der Waals surface area contributed by atoms with Crippen molar-refractivity contribution >= 4 is 5.97 Å². The van der Waals surface area contributed by atoms with Crippen molar-refractivity contribution in [2.45, 2.75) is 19.4 Å². The van der Waals surface area contributed by atoms with Crippen LogP contribution in [0.4, 0.5) is 0 Å². The van der Waals surface area contributed by atoms with Crippen molar-refractivity contribution in [2.24, 2.45) is 5.92 Å². The maximum absolute atomic E-state index is 10.3. The SMILES string of the molecule is CC[C@H]1CN[C@H]1C(=O)O. The van der Waals surface area contributed by atoms with Gasteiger partial charge in [-0.3, -0.25) is 4.79 Å². The minimum absolute atomic E-state index is 0.269. The van der Waals surface area contributed by atoms with Crippen molar-refractivity contribution in [3.8, 4) is 0 Å². The molecule has 0 aromatic heterocycles. The molecule has 0 aliphatic carbocycles. The highest BCUT2D eigenvalue weighted by molar-refractivity contribution is 5.75. The zero-order valence-electron chi connectivity index (χ0n) is 5.42. The third-order valence-corrected chi connectivity index (χ3v) is 1.86. The Labute approximate surface area is 54.1 Å². The summed E-state index contributed by atoms with van der Waals surface area (Å²) >= 11 is 0. The van der Waals surface area contributed by atoms with E-state index < -0.39 is 5.97 Å². The molecule has 2 N–H and O–H groups in total. The van der Waals surface area contributed by atoms with Crippen molar-refractivity contribution in [3.05, 3.63) is 0 Å². The summed E-state index contributed by atoms with van der Waals surface area (Å²) in [7, 11) is 0. The normalized spacial score (nSPS) is 33.4. The molecule has 0 aromatic rings. The van der Waals surface area contributed by atoms with Crippen LogP contribution in [0.3, 0.4) is 0 Å². The fourth-order valence-electron chi connectivity index (χ4n) is 1.07. The fraction of sp³-hybridized carbons (Fsp3) is 0.833. The molecule has 0 spiro atoms. The molecule has 3 nitrogen and oxygen atoms in total. The Morgan fingerprint density at radius 1 is 1.89 bits per heavy atom. The van der Waals surface area contributed by atoms with Gasteiger partial charge < -0.3 is 10.4 Å². The third kappa shape index (κ3) is 1.05. The zero-order valence-corrected chi connectivity index (χ0v) is 5.42. The van der Waals surface area contributed by atoms with E-state index in [0.29, 0.717) is 5.92 Å². The first-order valence-corrected chi connectivity index (χ1v) is 3.22. The summed E-state index contributed by atoms with van der Waals surface area (Å²) in [6.45, 7) is 2.88. The first kappa shape index (κ1) is 6.55. The first-order chi connectivity index (χ1) is 4.25. The van der Waals surface area contributed by atoms with Crippen LogP contribution in [0.2, 0.25) is 0 Å². The van der Waals surface area contributed by atoms with E-state index in [2.05, 4.69) is 5.32 Å². The highest BCUT2D eigenvalue weighted by Gasteiger charge is 2.34. The van der Waals surface area contributed by atoms with E-state index in [9.17, 15) is 4.79 Å². The van der Waals surface area contributed by atoms with E-state index in [1.54, 1.807) is 0 Å². The molecule has 1 aliphatic heterocycles. The van der Waals surface area contributed by atoms with E-state index >= 15 is 0 Å². The van der Waals surface area contributed by atoms with Gasteiger partial charge in [-0.1, -0.05) is 13.3 Å². The average molecular weight is 129 g/mol. The Kier molecular flexibility index (Phi) is 1.71. The van der Waals surface area contributed by atoms with Crippen LogP contribution >= 0.6 is 0 Å². The highest BCUT2D eigenvalue weighted by Crippen LogP contribution is 2.16. The van der Waals surface area contributed by atoms with Crippen LogP contribution in [0.5, 0.6) is 0 Å². The van der Waals surface area contributed by atoms with E-state index in [0.717, 1.165) is 13.0 Å². The second-order valence-corrected chi connectivity index (χ2v) is 2.39. The molecule has 3 heteroatoms. The number of rotatable bonds is 2. The summed E-state index contributed by atoms with van der Waals surface area (Å²) in [5.74, 6) is -0.351. The monoisotopic (exact) mass is 129 g/mol. The van der Waals surface area contributed by atoms with Crippen molar-refractivity contribution in [1.82, 2.24) is 5.32 Å². The van der Waals surface area contributed by atoms with E-state index in [-0.39, 0.29) is 6.04 Å². The number of carbonyl (C=O) groups is 1. The molecule has 1 aliphatic rings. The lowest BCUT2D eigenvalue weighted by Gasteiger charge is -2.33. The predicted molar refractivity (Wildman–Crippen MR) is 33.2 cm³/mol. The molecule has 2 atom stereocenters. The minimum Gasteiger partial charge on any atom is -0.480 e. The van der Waals surface area contributed by atoms with E-state index in [4.69, 9.17) is 5.11 Å². The van der Waals surface area contributed by atoms with Gasteiger partial charge in [-0.15, -0.1) is 0 Å². The van der Waals surface area contributed by atoms with Crippen LogP contribution < -0.4 is 5.32 Å². The molecular weight excluding hydrogens is 118 g/mol. The smallest absolute Gasteiger partial charge is 0.321 e. The topological polar surface area (TPSA) is 49.3 Å². The second-order valence-electron chi connectivity index (χ2n) is 2.39. The van der Waals surface area contributed by atoms with Crippen molar-refractivity contribution < 1.29 is 9.90 Å². The van der Waals surface area contributed by atoms with Crippen LogP contribution in [0.15, 0.2) is 0 Å². The van der Waals surface area contributed by atoms with Crippen LogP contribution in [0.1, 0.15) is 13.3 Å². The van der Waals surface area contributed by atoms with Gasteiger partial charge in [0.05, 0.1) is 0 Å². The summed E-state index contributed by atoms with van der Waals surface area (Å²) in [6.07, 6.45) is 0.962. The van der Waals surface area contributed by atoms with Crippen molar-refractivity contribution in [3.63, 3.8) is 0 Å². The molecule has 9 heavy (non-hydrogen) atoms. The Balaban J connectivity index is 2.35. The van der Waals surface area contributed by atoms with E-state index in [1.807, 2.05) is 6.92 Å². The van der Waals surface area contributed by atoms with Crippen molar-refractivity contribution in [1.29, 1.82) is 0 Å². The van der Waals surface area contributed by atoms with Gasteiger partial charge in [0.1, 0.15) is 6.04 Å². The van der Waals surface area contributed by atoms with Gasteiger partial charge in [-0.25, -0.2) is 0 Å². The molecule has 1 fully saturated rings. The van der Waals surface area contributed by atoms with Crippen LogP contribution in [-0.2, 0) is 4.79 Å². The maximum Gasteiger partial charge on any atom is 0.321 e. The third-order valence-electron chi connectivity index (χ3n) is 1.86. The quantitative estimate of drug-likeness (QED) is 0.554. The summed E-state index contributed by atoms with van der Waals surface area (Å²) in [4.78, 5) is 10.3.